The molecule has 1 saturated carbocycles. The van der Waals surface area contributed by atoms with Gasteiger partial charge in [0.2, 0.25) is 5.01 Å². The summed E-state index contributed by atoms with van der Waals surface area (Å²) in [6.07, 6.45) is 5.94. The molecule has 5 heteroatoms. The van der Waals surface area contributed by atoms with Crippen LogP contribution in [0.4, 0.5) is 0 Å². The molecule has 1 amide bonds. The minimum Gasteiger partial charge on any atom is -0.347 e. The first-order chi connectivity index (χ1) is 7.25. The molecule has 82 valence electrons. The third-order valence-corrected chi connectivity index (χ3v) is 3.47. The number of hydrogen-bond acceptors (Lipinski definition) is 4. The second-order valence-corrected chi connectivity index (χ2v) is 4.71. The van der Waals surface area contributed by atoms with Crippen LogP contribution in [0.25, 0.3) is 0 Å². The number of nitrogens with one attached hydrogen (secondary N) is 1. The summed E-state index contributed by atoms with van der Waals surface area (Å²) in [5.74, 6) is 0.612. The minimum absolute atomic E-state index is 0.0625. The van der Waals surface area contributed by atoms with E-state index in [0.717, 1.165) is 12.8 Å². The van der Waals surface area contributed by atoms with E-state index in [4.69, 9.17) is 0 Å². The van der Waals surface area contributed by atoms with Crippen LogP contribution in [-0.2, 0) is 0 Å². The van der Waals surface area contributed by atoms with Crippen LogP contribution in [0.15, 0.2) is 0 Å². The van der Waals surface area contributed by atoms with E-state index in [9.17, 15) is 4.79 Å². The second kappa shape index (κ2) is 4.70. The zero-order chi connectivity index (χ0) is 10.7. The van der Waals surface area contributed by atoms with Gasteiger partial charge < -0.3 is 5.32 Å². The van der Waals surface area contributed by atoms with E-state index in [0.29, 0.717) is 16.9 Å². The second-order valence-electron chi connectivity index (χ2n) is 3.96. The van der Waals surface area contributed by atoms with Gasteiger partial charge in [0, 0.05) is 6.04 Å². The molecule has 1 fully saturated rings. The van der Waals surface area contributed by atoms with Crippen LogP contribution in [0.3, 0.4) is 0 Å². The number of rotatable bonds is 2. The lowest BCUT2D eigenvalue weighted by Crippen LogP contribution is -2.36. The molecule has 0 atom stereocenters. The smallest absolute Gasteiger partial charge is 0.282 e. The van der Waals surface area contributed by atoms with Crippen molar-refractivity contribution in [3.8, 4) is 0 Å². The molecule has 4 nitrogen and oxygen atoms in total. The van der Waals surface area contributed by atoms with Gasteiger partial charge >= 0.3 is 0 Å². The topological polar surface area (TPSA) is 54.9 Å². The quantitative estimate of drug-likeness (QED) is 0.836. The largest absolute Gasteiger partial charge is 0.347 e. The van der Waals surface area contributed by atoms with Crippen LogP contribution in [0.2, 0.25) is 0 Å². The zero-order valence-electron chi connectivity index (χ0n) is 8.82. The summed E-state index contributed by atoms with van der Waals surface area (Å²) >= 11 is 1.17. The van der Waals surface area contributed by atoms with E-state index in [2.05, 4.69) is 14.7 Å². The van der Waals surface area contributed by atoms with E-state index in [1.165, 1.54) is 30.8 Å². The molecule has 0 saturated heterocycles. The van der Waals surface area contributed by atoms with Crippen LogP contribution in [0, 0.1) is 6.92 Å². The SMILES string of the molecule is Cc1nsc(C(=O)NC2CCCCC2)n1. The van der Waals surface area contributed by atoms with E-state index >= 15 is 0 Å². The van der Waals surface area contributed by atoms with E-state index in [1.54, 1.807) is 6.92 Å². The Bertz CT molecular complexity index is 344. The minimum atomic E-state index is -0.0625. The van der Waals surface area contributed by atoms with Crippen molar-refractivity contribution in [2.75, 3.05) is 0 Å². The maximum atomic E-state index is 11.7. The molecule has 1 aromatic rings. The monoisotopic (exact) mass is 225 g/mol. The molecular weight excluding hydrogens is 210 g/mol. The number of carbonyl (C=O) groups is 1. The maximum absolute atomic E-state index is 11.7. The zero-order valence-corrected chi connectivity index (χ0v) is 9.64. The van der Waals surface area contributed by atoms with Crippen molar-refractivity contribution < 1.29 is 4.79 Å². The van der Waals surface area contributed by atoms with Crippen molar-refractivity contribution in [1.82, 2.24) is 14.7 Å². The van der Waals surface area contributed by atoms with E-state index < -0.39 is 0 Å². The van der Waals surface area contributed by atoms with Gasteiger partial charge in [-0.05, 0) is 31.3 Å². The van der Waals surface area contributed by atoms with Gasteiger partial charge in [0.05, 0.1) is 0 Å². The van der Waals surface area contributed by atoms with Crippen LogP contribution in [-0.4, -0.2) is 21.3 Å². The first-order valence-corrected chi connectivity index (χ1v) is 6.14. The third-order valence-electron chi connectivity index (χ3n) is 2.66. The Morgan fingerprint density at radius 2 is 2.13 bits per heavy atom. The van der Waals surface area contributed by atoms with Crippen molar-refractivity contribution in [2.24, 2.45) is 0 Å². The Morgan fingerprint density at radius 3 is 2.73 bits per heavy atom. The lowest BCUT2D eigenvalue weighted by Gasteiger charge is -2.21. The lowest BCUT2D eigenvalue weighted by atomic mass is 9.95. The van der Waals surface area contributed by atoms with E-state index in [1.807, 2.05) is 0 Å². The van der Waals surface area contributed by atoms with Crippen molar-refractivity contribution in [2.45, 2.75) is 45.1 Å². The summed E-state index contributed by atoms with van der Waals surface area (Å²) < 4.78 is 4.00. The molecule has 2 rings (SSSR count). The summed E-state index contributed by atoms with van der Waals surface area (Å²) in [5.41, 5.74) is 0. The fourth-order valence-corrected chi connectivity index (χ4v) is 2.46. The average Bonchev–Trinajstić information content (AvgIpc) is 2.66. The number of hydrogen-bond donors (Lipinski definition) is 1. The Labute approximate surface area is 93.3 Å². The summed E-state index contributed by atoms with van der Waals surface area (Å²) in [4.78, 5) is 15.8. The standard InChI is InChI=1S/C10H15N3OS/c1-7-11-10(15-13-7)9(14)12-8-5-3-2-4-6-8/h8H,2-6H2,1H3,(H,12,14). The Kier molecular flexibility index (Phi) is 3.30. The van der Waals surface area contributed by atoms with Gasteiger partial charge in [-0.15, -0.1) is 0 Å². The third kappa shape index (κ3) is 2.75. The molecular formula is C10H15N3OS. The van der Waals surface area contributed by atoms with Crippen molar-refractivity contribution in [3.05, 3.63) is 10.8 Å². The molecule has 1 heterocycles. The first-order valence-electron chi connectivity index (χ1n) is 5.37. The Hall–Kier alpha value is -0.970. The van der Waals surface area contributed by atoms with Gasteiger partial charge in [-0.3, -0.25) is 4.79 Å². The van der Waals surface area contributed by atoms with Crippen molar-refractivity contribution in [3.63, 3.8) is 0 Å². The van der Waals surface area contributed by atoms with Gasteiger partial charge in [-0.1, -0.05) is 19.3 Å². The lowest BCUT2D eigenvalue weighted by molar-refractivity contribution is 0.0927. The van der Waals surface area contributed by atoms with Crippen LogP contribution in [0.1, 0.15) is 47.7 Å². The van der Waals surface area contributed by atoms with Crippen LogP contribution in [0.5, 0.6) is 0 Å². The molecule has 0 aliphatic heterocycles. The molecule has 15 heavy (non-hydrogen) atoms. The molecule has 0 aromatic carbocycles. The molecule has 1 aliphatic carbocycles. The van der Waals surface area contributed by atoms with Crippen LogP contribution < -0.4 is 5.32 Å². The molecule has 0 radical (unpaired) electrons. The highest BCUT2D eigenvalue weighted by molar-refractivity contribution is 7.07. The summed E-state index contributed by atoms with van der Waals surface area (Å²) in [5, 5.41) is 3.50. The van der Waals surface area contributed by atoms with Gasteiger partial charge in [0.25, 0.3) is 5.91 Å². The summed E-state index contributed by atoms with van der Waals surface area (Å²) in [7, 11) is 0. The molecule has 1 aromatic heterocycles. The van der Waals surface area contributed by atoms with Gasteiger partial charge in [-0.25, -0.2) is 4.98 Å². The number of nitrogens with zero attached hydrogens (tertiary/aromatic N) is 2. The fourth-order valence-electron chi connectivity index (χ4n) is 1.88. The van der Waals surface area contributed by atoms with Crippen molar-refractivity contribution in [1.29, 1.82) is 0 Å². The van der Waals surface area contributed by atoms with Gasteiger partial charge in [-0.2, -0.15) is 4.37 Å². The predicted octanol–water partition coefficient (Wildman–Crippen LogP) is 1.91. The predicted molar refractivity (Wildman–Crippen MR) is 59.0 cm³/mol. The first kappa shape index (κ1) is 10.5. The highest BCUT2D eigenvalue weighted by atomic mass is 32.1. The highest BCUT2D eigenvalue weighted by Crippen LogP contribution is 2.18. The van der Waals surface area contributed by atoms with Gasteiger partial charge in [0.1, 0.15) is 5.82 Å². The molecule has 1 aliphatic rings. The molecule has 0 bridgehead atoms. The number of carbonyl (C=O) groups excluding carboxylic acids is 1. The van der Waals surface area contributed by atoms with E-state index in [-0.39, 0.29) is 5.91 Å². The number of amides is 1. The Balaban J connectivity index is 1.91. The number of aryl methyl sites for hydroxylation is 1. The maximum Gasteiger partial charge on any atom is 0.282 e. The molecule has 0 unspecified atom stereocenters. The van der Waals surface area contributed by atoms with Gasteiger partial charge in [0.15, 0.2) is 0 Å². The summed E-state index contributed by atoms with van der Waals surface area (Å²) in [6.45, 7) is 1.80. The van der Waals surface area contributed by atoms with Crippen molar-refractivity contribution >= 4 is 17.4 Å². The van der Waals surface area contributed by atoms with Crippen LogP contribution >= 0.6 is 11.5 Å². The fraction of sp³-hybridized carbons (Fsp3) is 0.700. The highest BCUT2D eigenvalue weighted by Gasteiger charge is 2.18. The normalized spacial score (nSPS) is 17.7. The Morgan fingerprint density at radius 1 is 1.40 bits per heavy atom. The molecule has 0 spiro atoms. The molecule has 1 N–H and O–H groups in total. The summed E-state index contributed by atoms with van der Waals surface area (Å²) in [6, 6.07) is 0.343. The average molecular weight is 225 g/mol. The number of aromatic nitrogens is 2.